The minimum absolute atomic E-state index is 0.308. The van der Waals surface area contributed by atoms with Crippen LogP contribution in [0.4, 0.5) is 5.69 Å². The molecule has 1 unspecified atom stereocenters. The zero-order valence-electron chi connectivity index (χ0n) is 12.3. The number of nitrogens with one attached hydrogen (secondary N) is 1. The summed E-state index contributed by atoms with van der Waals surface area (Å²) in [6, 6.07) is 6.73. The van der Waals surface area contributed by atoms with E-state index in [1.807, 2.05) is 14.0 Å². The van der Waals surface area contributed by atoms with E-state index >= 15 is 0 Å². The topological polar surface area (TPSA) is 28.2 Å². The largest absolute Gasteiger partial charge is 0.368 e. The Labute approximate surface area is 133 Å². The highest BCUT2D eigenvalue weighted by atomic mass is 79.9. The first kappa shape index (κ1) is 15.5. The van der Waals surface area contributed by atoms with Crippen molar-refractivity contribution in [1.29, 1.82) is 0 Å². The summed E-state index contributed by atoms with van der Waals surface area (Å²) >= 11 is 5.26. The van der Waals surface area contributed by atoms with Crippen LogP contribution < -0.4 is 10.2 Å². The quantitative estimate of drug-likeness (QED) is 0.875. The van der Waals surface area contributed by atoms with E-state index in [1.54, 1.807) is 11.3 Å². The van der Waals surface area contributed by atoms with E-state index in [2.05, 4.69) is 68.7 Å². The summed E-state index contributed by atoms with van der Waals surface area (Å²) in [5.74, 6) is 0. The van der Waals surface area contributed by atoms with Crippen LogP contribution in [-0.4, -0.2) is 19.1 Å². The van der Waals surface area contributed by atoms with Gasteiger partial charge in [-0.2, -0.15) is 0 Å². The lowest BCUT2D eigenvalue weighted by molar-refractivity contribution is 0.649. The number of anilines is 1. The molecule has 20 heavy (non-hydrogen) atoms. The van der Waals surface area contributed by atoms with E-state index in [4.69, 9.17) is 0 Å². The van der Waals surface area contributed by atoms with Gasteiger partial charge in [-0.05, 0) is 44.7 Å². The fourth-order valence-corrected chi connectivity index (χ4v) is 3.17. The van der Waals surface area contributed by atoms with Crippen LogP contribution in [0, 0.1) is 6.92 Å². The lowest BCUT2D eigenvalue weighted by atomic mass is 10.1. The van der Waals surface area contributed by atoms with Gasteiger partial charge >= 0.3 is 0 Å². The molecule has 0 radical (unpaired) electrons. The SMILES string of the molecule is CNC(C)c1cc(Br)ccc1N(C)Cc1csc(C)n1. The van der Waals surface area contributed by atoms with Gasteiger partial charge in [0.2, 0.25) is 0 Å². The first-order valence-electron chi connectivity index (χ1n) is 6.60. The van der Waals surface area contributed by atoms with Gasteiger partial charge in [0.1, 0.15) is 0 Å². The second kappa shape index (κ2) is 6.70. The highest BCUT2D eigenvalue weighted by Gasteiger charge is 2.14. The molecular weight excluding hydrogens is 334 g/mol. The molecule has 0 aliphatic rings. The van der Waals surface area contributed by atoms with Crippen LogP contribution in [0.1, 0.15) is 29.2 Å². The van der Waals surface area contributed by atoms with Gasteiger partial charge < -0.3 is 10.2 Å². The monoisotopic (exact) mass is 353 g/mol. The number of nitrogens with zero attached hydrogens (tertiary/aromatic N) is 2. The second-order valence-corrected chi connectivity index (χ2v) is 6.91. The highest BCUT2D eigenvalue weighted by molar-refractivity contribution is 9.10. The smallest absolute Gasteiger partial charge is 0.0898 e. The first-order valence-corrected chi connectivity index (χ1v) is 8.27. The molecule has 0 amide bonds. The van der Waals surface area contributed by atoms with Crippen molar-refractivity contribution in [2.45, 2.75) is 26.4 Å². The molecule has 2 aromatic rings. The molecule has 1 N–H and O–H groups in total. The number of thiazole rings is 1. The average Bonchev–Trinajstić information content (AvgIpc) is 2.82. The fraction of sp³-hybridized carbons (Fsp3) is 0.400. The van der Waals surface area contributed by atoms with Crippen molar-refractivity contribution >= 4 is 33.0 Å². The third-order valence-corrected chi connectivity index (χ3v) is 4.68. The van der Waals surface area contributed by atoms with Crippen LogP contribution in [-0.2, 0) is 6.54 Å². The van der Waals surface area contributed by atoms with Crippen LogP contribution >= 0.6 is 27.3 Å². The molecule has 1 aromatic carbocycles. The van der Waals surface area contributed by atoms with Crippen molar-refractivity contribution in [3.63, 3.8) is 0 Å². The van der Waals surface area contributed by atoms with E-state index in [1.165, 1.54) is 11.3 Å². The van der Waals surface area contributed by atoms with Crippen LogP contribution in [0.3, 0.4) is 0 Å². The summed E-state index contributed by atoms with van der Waals surface area (Å²) in [6.07, 6.45) is 0. The van der Waals surface area contributed by atoms with E-state index < -0.39 is 0 Å². The Kier molecular flexibility index (Phi) is 5.18. The van der Waals surface area contributed by atoms with Gasteiger partial charge in [-0.3, -0.25) is 0 Å². The Morgan fingerprint density at radius 2 is 2.20 bits per heavy atom. The number of halogens is 1. The number of hydrogen-bond acceptors (Lipinski definition) is 4. The third kappa shape index (κ3) is 3.59. The highest BCUT2D eigenvalue weighted by Crippen LogP contribution is 2.29. The minimum Gasteiger partial charge on any atom is -0.368 e. The Morgan fingerprint density at radius 1 is 1.45 bits per heavy atom. The lowest BCUT2D eigenvalue weighted by Gasteiger charge is -2.24. The number of benzene rings is 1. The average molecular weight is 354 g/mol. The molecule has 3 nitrogen and oxygen atoms in total. The summed E-state index contributed by atoms with van der Waals surface area (Å²) in [5, 5.41) is 6.56. The summed E-state index contributed by atoms with van der Waals surface area (Å²) in [6.45, 7) is 5.05. The van der Waals surface area contributed by atoms with Gasteiger partial charge in [0.05, 0.1) is 17.2 Å². The Hall–Kier alpha value is -0.910. The maximum Gasteiger partial charge on any atom is 0.0898 e. The zero-order chi connectivity index (χ0) is 14.7. The maximum atomic E-state index is 4.54. The molecule has 0 bridgehead atoms. The molecule has 0 saturated carbocycles. The van der Waals surface area contributed by atoms with Gasteiger partial charge in [0.25, 0.3) is 0 Å². The van der Waals surface area contributed by atoms with Gasteiger partial charge in [0.15, 0.2) is 0 Å². The van der Waals surface area contributed by atoms with Gasteiger partial charge in [-0.25, -0.2) is 4.98 Å². The molecule has 0 fully saturated rings. The van der Waals surface area contributed by atoms with E-state index in [-0.39, 0.29) is 0 Å². The van der Waals surface area contributed by atoms with Crippen molar-refractivity contribution in [2.75, 3.05) is 19.0 Å². The molecule has 0 spiro atoms. The van der Waals surface area contributed by atoms with Gasteiger partial charge in [-0.1, -0.05) is 15.9 Å². The van der Waals surface area contributed by atoms with Crippen molar-refractivity contribution in [3.8, 4) is 0 Å². The molecule has 2 rings (SSSR count). The predicted octanol–water partition coefficient (Wildman–Crippen LogP) is 4.13. The molecule has 0 aliphatic heterocycles. The number of hydrogen-bond donors (Lipinski definition) is 1. The van der Waals surface area contributed by atoms with E-state index in [0.29, 0.717) is 6.04 Å². The summed E-state index contributed by atoms with van der Waals surface area (Å²) < 4.78 is 1.11. The van der Waals surface area contributed by atoms with Crippen molar-refractivity contribution < 1.29 is 0 Å². The first-order chi connectivity index (χ1) is 9.51. The number of aryl methyl sites for hydroxylation is 1. The fourth-order valence-electron chi connectivity index (χ4n) is 2.18. The summed E-state index contributed by atoms with van der Waals surface area (Å²) in [4.78, 5) is 6.79. The predicted molar refractivity (Wildman–Crippen MR) is 90.6 cm³/mol. The summed E-state index contributed by atoms with van der Waals surface area (Å²) in [5.41, 5.74) is 3.65. The molecule has 108 valence electrons. The molecule has 1 aromatic heterocycles. The van der Waals surface area contributed by atoms with E-state index in [9.17, 15) is 0 Å². The normalized spacial score (nSPS) is 12.4. The van der Waals surface area contributed by atoms with E-state index in [0.717, 1.165) is 21.7 Å². The maximum absolute atomic E-state index is 4.54. The van der Waals surface area contributed by atoms with Crippen molar-refractivity contribution in [2.24, 2.45) is 0 Å². The van der Waals surface area contributed by atoms with Crippen LogP contribution in [0.25, 0.3) is 0 Å². The summed E-state index contributed by atoms with van der Waals surface area (Å²) in [7, 11) is 4.10. The molecule has 0 saturated heterocycles. The standard InChI is InChI=1S/C15H20BrN3S/c1-10(17-3)14-7-12(16)5-6-15(14)19(4)8-13-9-20-11(2)18-13/h5-7,9-10,17H,8H2,1-4H3. The molecular formula is C15H20BrN3S. The Bertz CT molecular complexity index is 582. The molecule has 0 aliphatic carbocycles. The zero-order valence-corrected chi connectivity index (χ0v) is 14.7. The lowest BCUT2D eigenvalue weighted by Crippen LogP contribution is -2.21. The Morgan fingerprint density at radius 3 is 2.80 bits per heavy atom. The van der Waals surface area contributed by atoms with Crippen molar-refractivity contribution in [1.82, 2.24) is 10.3 Å². The third-order valence-electron chi connectivity index (χ3n) is 3.37. The van der Waals surface area contributed by atoms with Crippen LogP contribution in [0.15, 0.2) is 28.1 Å². The minimum atomic E-state index is 0.308. The molecule has 1 heterocycles. The molecule has 5 heteroatoms. The number of aromatic nitrogens is 1. The second-order valence-electron chi connectivity index (χ2n) is 4.93. The van der Waals surface area contributed by atoms with Gasteiger partial charge in [0, 0.05) is 28.6 Å². The van der Waals surface area contributed by atoms with Crippen molar-refractivity contribution in [3.05, 3.63) is 44.3 Å². The van der Waals surface area contributed by atoms with Gasteiger partial charge in [-0.15, -0.1) is 11.3 Å². The van der Waals surface area contributed by atoms with Crippen LogP contribution in [0.5, 0.6) is 0 Å². The Balaban J connectivity index is 2.26. The molecule has 1 atom stereocenters. The number of rotatable bonds is 5. The van der Waals surface area contributed by atoms with Crippen LogP contribution in [0.2, 0.25) is 0 Å².